The highest BCUT2D eigenvalue weighted by molar-refractivity contribution is 7.96. The maximum atomic E-state index is 13.0. The summed E-state index contributed by atoms with van der Waals surface area (Å²) in [6, 6.07) is 12.5. The molecule has 0 bridgehead atoms. The molecule has 0 spiro atoms. The van der Waals surface area contributed by atoms with Crippen LogP contribution in [0.3, 0.4) is 0 Å². The lowest BCUT2D eigenvalue weighted by atomic mass is 9.86. The Morgan fingerprint density at radius 2 is 1.91 bits per heavy atom. The van der Waals surface area contributed by atoms with E-state index in [1.165, 1.54) is 67.3 Å². The van der Waals surface area contributed by atoms with Gasteiger partial charge in [-0.25, -0.2) is 4.72 Å². The average molecular weight is 603 g/mol. The lowest BCUT2D eigenvalue weighted by molar-refractivity contribution is 0.0984. The summed E-state index contributed by atoms with van der Waals surface area (Å²) in [5, 5.41) is 11.4. The molecule has 0 radical (unpaired) electrons. The topological polar surface area (TPSA) is 78.8 Å². The first-order chi connectivity index (χ1) is 20.9. The number of carbonyl (C=O) groups excluding carboxylic acids is 1. The molecule has 5 rings (SSSR count). The van der Waals surface area contributed by atoms with Gasteiger partial charge < -0.3 is 19.3 Å². The Hall–Kier alpha value is -3.20. The monoisotopic (exact) mass is 602 g/mol. The number of benzene rings is 2. The summed E-state index contributed by atoms with van der Waals surface area (Å²) in [5.74, 6) is 1.14. The van der Waals surface area contributed by atoms with Gasteiger partial charge in [0.1, 0.15) is 5.75 Å². The number of nitrogens with one attached hydrogen (secondary N) is 2. The van der Waals surface area contributed by atoms with Crippen molar-refractivity contribution >= 4 is 35.0 Å². The number of ether oxygens (including phenoxy) is 1. The molecule has 1 aliphatic heterocycles. The number of aromatic nitrogens is 1. The van der Waals surface area contributed by atoms with E-state index in [0.29, 0.717) is 18.0 Å². The Morgan fingerprint density at radius 1 is 1.14 bits per heavy atom. The zero-order valence-electron chi connectivity index (χ0n) is 26.0. The van der Waals surface area contributed by atoms with E-state index >= 15 is 0 Å². The first kappa shape index (κ1) is 31.2. The van der Waals surface area contributed by atoms with Crippen LogP contribution in [0.5, 0.6) is 5.75 Å². The van der Waals surface area contributed by atoms with Crippen molar-refractivity contribution in [2.75, 3.05) is 27.2 Å². The zero-order valence-corrected chi connectivity index (χ0v) is 26.9. The average Bonchev–Trinajstić information content (AvgIpc) is 3.48. The van der Waals surface area contributed by atoms with E-state index in [-0.39, 0.29) is 12.0 Å². The first-order valence-corrected chi connectivity index (χ1v) is 16.5. The van der Waals surface area contributed by atoms with Crippen LogP contribution < -0.4 is 14.2 Å². The number of methoxy groups -OCH3 is 1. The number of β-amino-alcohol motifs (C(OH)–C–C–N with tert-alkyl or cyclic N) is 1. The maximum absolute atomic E-state index is 13.0. The molecule has 2 fully saturated rings. The van der Waals surface area contributed by atoms with Crippen LogP contribution in [0, 0.1) is 0 Å². The molecule has 1 saturated carbocycles. The Bertz CT molecular complexity index is 1500. The number of hydrogen-bond donors (Lipinski definition) is 3. The third-order valence-electron chi connectivity index (χ3n) is 9.08. The number of likely N-dealkylation sites (tertiary alicyclic amines) is 1. The smallest absolute Gasteiger partial charge is 0.262 e. The molecule has 8 heteroatoms. The molecule has 3 aromatic rings. The van der Waals surface area contributed by atoms with Crippen LogP contribution in [-0.2, 0) is 6.54 Å². The quantitative estimate of drug-likeness (QED) is 0.129. The summed E-state index contributed by atoms with van der Waals surface area (Å²) < 4.78 is 13.9. The normalized spacial score (nSPS) is 18.2. The highest BCUT2D eigenvalue weighted by atomic mass is 32.2. The number of rotatable bonds is 10. The van der Waals surface area contributed by atoms with Crippen LogP contribution in [-0.4, -0.2) is 53.8 Å². The van der Waals surface area contributed by atoms with E-state index in [4.69, 9.17) is 4.74 Å². The van der Waals surface area contributed by atoms with E-state index in [2.05, 4.69) is 75.7 Å². The molecule has 1 amide bonds. The van der Waals surface area contributed by atoms with Crippen molar-refractivity contribution < 1.29 is 14.6 Å². The first-order valence-electron chi connectivity index (χ1n) is 15.6. The highest BCUT2D eigenvalue weighted by Crippen LogP contribution is 2.45. The van der Waals surface area contributed by atoms with Gasteiger partial charge in [0.2, 0.25) is 0 Å². The van der Waals surface area contributed by atoms with Gasteiger partial charge in [0.05, 0.1) is 18.9 Å². The number of hydrogen-bond acceptors (Lipinski definition) is 6. The summed E-state index contributed by atoms with van der Waals surface area (Å²) in [6.45, 7) is 10.9. The number of allylic oxidation sites excluding steroid dienone is 1. The fraction of sp³-hybridized carbons (Fsp3) is 0.457. The second kappa shape index (κ2) is 14.1. The van der Waals surface area contributed by atoms with Crippen LogP contribution in [0.25, 0.3) is 28.2 Å². The van der Waals surface area contributed by atoms with Crippen molar-refractivity contribution in [1.29, 1.82) is 0 Å². The summed E-state index contributed by atoms with van der Waals surface area (Å²) in [6.07, 6.45) is 10.1. The Morgan fingerprint density at radius 3 is 2.56 bits per heavy atom. The number of nitrogens with zero attached hydrogens (tertiary/aromatic N) is 2. The molecule has 1 aliphatic carbocycles. The SMILES string of the molecule is C=C(/C(C)=C/c1cc(OC)ccc1-c1c(C2CCCCCC2)c2ccc(C(=O)NSNC)cc2n1CC)N1CC[C@@H](O)C1. The number of amides is 1. The van der Waals surface area contributed by atoms with Gasteiger partial charge in [-0.2, -0.15) is 0 Å². The molecule has 0 unspecified atom stereocenters. The van der Waals surface area contributed by atoms with Crippen LogP contribution >= 0.6 is 12.1 Å². The number of carbonyl (C=O) groups is 1. The molecular weight excluding hydrogens is 556 g/mol. The van der Waals surface area contributed by atoms with E-state index < -0.39 is 0 Å². The van der Waals surface area contributed by atoms with Crippen molar-refractivity contribution in [3.8, 4) is 17.0 Å². The molecule has 2 aromatic carbocycles. The molecule has 2 heterocycles. The van der Waals surface area contributed by atoms with Gasteiger partial charge in [-0.3, -0.25) is 9.52 Å². The van der Waals surface area contributed by atoms with Crippen molar-refractivity contribution in [3.63, 3.8) is 0 Å². The standard InChI is InChI=1S/C35H46N4O3S/c1-6-39-32-21-26(35(41)37-43-36-4)13-15-31(32)33(25-11-9-7-8-10-12-25)34(39)30-16-14-29(42-5)20-27(30)19-23(2)24(3)38-18-17-28(40)22-38/h13-16,19-21,25,28,36,40H,3,6-12,17-18,22H2,1-2,4-5H3,(H,37,41)/b23-19+/t28-/m1/s1. The number of aryl methyl sites for hydroxylation is 1. The minimum atomic E-state index is -0.303. The van der Waals surface area contributed by atoms with Crippen LogP contribution in [0.1, 0.15) is 86.2 Å². The van der Waals surface area contributed by atoms with Crippen LogP contribution in [0.15, 0.2) is 54.2 Å². The van der Waals surface area contributed by atoms with Gasteiger partial charge in [0, 0.05) is 59.5 Å². The predicted molar refractivity (Wildman–Crippen MR) is 179 cm³/mol. The minimum Gasteiger partial charge on any atom is -0.497 e. The largest absolute Gasteiger partial charge is 0.497 e. The summed E-state index contributed by atoms with van der Waals surface area (Å²) in [7, 11) is 3.49. The van der Waals surface area contributed by atoms with Gasteiger partial charge in [-0.05, 0) is 99.2 Å². The third-order valence-corrected chi connectivity index (χ3v) is 9.57. The molecule has 230 valence electrons. The third kappa shape index (κ3) is 6.66. The van der Waals surface area contributed by atoms with Crippen LogP contribution in [0.4, 0.5) is 0 Å². The number of aliphatic hydroxyl groups is 1. The molecule has 7 nitrogen and oxygen atoms in total. The molecule has 2 aliphatic rings. The maximum Gasteiger partial charge on any atom is 0.262 e. The second-order valence-electron chi connectivity index (χ2n) is 11.8. The van der Waals surface area contributed by atoms with E-state index in [9.17, 15) is 9.90 Å². The van der Waals surface area contributed by atoms with Crippen molar-refractivity contribution in [2.24, 2.45) is 0 Å². The number of fused-ring (bicyclic) bond motifs is 1. The van der Waals surface area contributed by atoms with Gasteiger partial charge >= 0.3 is 0 Å². The van der Waals surface area contributed by atoms with E-state index in [1.807, 2.05) is 6.07 Å². The van der Waals surface area contributed by atoms with Gasteiger partial charge in [0.25, 0.3) is 5.91 Å². The Balaban J connectivity index is 1.71. The van der Waals surface area contributed by atoms with E-state index in [1.54, 1.807) is 14.2 Å². The lowest BCUT2D eigenvalue weighted by Crippen LogP contribution is -2.21. The van der Waals surface area contributed by atoms with Gasteiger partial charge in [0.15, 0.2) is 0 Å². The Kier molecular flexibility index (Phi) is 10.2. The van der Waals surface area contributed by atoms with Crippen molar-refractivity contribution in [2.45, 2.75) is 77.4 Å². The summed E-state index contributed by atoms with van der Waals surface area (Å²) in [5.41, 5.74) is 8.62. The molecule has 1 atom stereocenters. The Labute approximate surface area is 260 Å². The summed E-state index contributed by atoms with van der Waals surface area (Å²) in [4.78, 5) is 15.1. The van der Waals surface area contributed by atoms with Gasteiger partial charge in [-0.15, -0.1) is 0 Å². The number of aliphatic hydroxyl groups excluding tert-OH is 1. The minimum absolute atomic E-state index is 0.114. The fourth-order valence-electron chi connectivity index (χ4n) is 6.83. The predicted octanol–water partition coefficient (Wildman–Crippen LogP) is 7.27. The van der Waals surface area contributed by atoms with Gasteiger partial charge in [-0.1, -0.05) is 38.3 Å². The lowest BCUT2D eigenvalue weighted by Gasteiger charge is -2.22. The second-order valence-corrected chi connectivity index (χ2v) is 12.6. The summed E-state index contributed by atoms with van der Waals surface area (Å²) >= 11 is 1.18. The highest BCUT2D eigenvalue weighted by Gasteiger charge is 2.28. The molecule has 1 aromatic heterocycles. The van der Waals surface area contributed by atoms with E-state index in [0.717, 1.165) is 53.2 Å². The molecule has 1 saturated heterocycles. The molecular formula is C35H46N4O3S. The molecule has 43 heavy (non-hydrogen) atoms. The van der Waals surface area contributed by atoms with Crippen LogP contribution in [0.2, 0.25) is 0 Å². The van der Waals surface area contributed by atoms with Crippen molar-refractivity contribution in [1.82, 2.24) is 18.9 Å². The van der Waals surface area contributed by atoms with Crippen molar-refractivity contribution in [3.05, 3.63) is 70.9 Å². The molecule has 3 N–H and O–H groups in total. The fourth-order valence-corrected chi connectivity index (χ4v) is 7.14. The zero-order chi connectivity index (χ0) is 30.5.